The van der Waals surface area contributed by atoms with Gasteiger partial charge in [-0.1, -0.05) is 84.4 Å². The van der Waals surface area contributed by atoms with Gasteiger partial charge in [-0.25, -0.2) is 13.2 Å². The summed E-state index contributed by atoms with van der Waals surface area (Å²) in [5, 5.41) is 0.536. The monoisotopic (exact) mass is 596 g/mol. The number of ether oxygens (including phenoxy) is 1. The smallest absolute Gasteiger partial charge is 0.134 e. The lowest BCUT2D eigenvalue weighted by Crippen LogP contribution is -2.12. The van der Waals surface area contributed by atoms with Crippen molar-refractivity contribution in [2.45, 2.75) is 45.3 Å². The Bertz CT molecular complexity index is 1700. The molecule has 1 aliphatic carbocycles. The van der Waals surface area contributed by atoms with Crippen molar-refractivity contribution in [1.82, 2.24) is 0 Å². The van der Waals surface area contributed by atoms with Crippen LogP contribution in [-0.2, 0) is 37.2 Å². The number of hydrogen-bond donors (Lipinski definition) is 0. The SMILES string of the molecule is Fc1ccc(-c2c(CCc3ccccc3)c(CC3CC3)c(F)c(-c3ccc(Cl)cc3)c2COCc2ccccc2)c(F)c1. The highest BCUT2D eigenvalue weighted by Crippen LogP contribution is 2.45. The van der Waals surface area contributed by atoms with Gasteiger partial charge in [-0.05, 0) is 101 Å². The molecular weight excluding hydrogens is 565 g/mol. The maximum Gasteiger partial charge on any atom is 0.134 e. The van der Waals surface area contributed by atoms with E-state index in [0.29, 0.717) is 64.6 Å². The van der Waals surface area contributed by atoms with Gasteiger partial charge >= 0.3 is 0 Å². The Labute approximate surface area is 255 Å². The highest BCUT2D eigenvalue weighted by molar-refractivity contribution is 6.30. The van der Waals surface area contributed by atoms with E-state index in [0.717, 1.165) is 35.6 Å². The molecule has 1 fully saturated rings. The molecule has 6 rings (SSSR count). The van der Waals surface area contributed by atoms with Crippen molar-refractivity contribution in [3.8, 4) is 22.3 Å². The third kappa shape index (κ3) is 6.87. The van der Waals surface area contributed by atoms with Crippen molar-refractivity contribution in [3.05, 3.63) is 153 Å². The molecule has 5 aromatic rings. The van der Waals surface area contributed by atoms with E-state index in [2.05, 4.69) is 0 Å². The van der Waals surface area contributed by atoms with E-state index in [4.69, 9.17) is 16.3 Å². The molecule has 5 aromatic carbocycles. The molecule has 0 unspecified atom stereocenters. The van der Waals surface area contributed by atoms with Gasteiger partial charge in [0, 0.05) is 22.2 Å². The van der Waals surface area contributed by atoms with E-state index in [1.807, 2.05) is 60.7 Å². The van der Waals surface area contributed by atoms with Gasteiger partial charge in [-0.15, -0.1) is 0 Å². The minimum absolute atomic E-state index is 0.0397. The van der Waals surface area contributed by atoms with Crippen LogP contribution in [0.4, 0.5) is 13.2 Å². The molecule has 1 nitrogen and oxygen atoms in total. The minimum atomic E-state index is -0.684. The summed E-state index contributed by atoms with van der Waals surface area (Å²) in [5.41, 5.74) is 5.83. The molecular formula is C38H32ClF3O. The Balaban J connectivity index is 1.58. The van der Waals surface area contributed by atoms with Crippen LogP contribution in [0.5, 0.6) is 0 Å². The fraction of sp³-hybridized carbons (Fsp3) is 0.211. The first kappa shape index (κ1) is 29.2. The van der Waals surface area contributed by atoms with Gasteiger partial charge in [0.2, 0.25) is 0 Å². The second-order valence-electron chi connectivity index (χ2n) is 11.2. The van der Waals surface area contributed by atoms with E-state index in [1.165, 1.54) is 12.1 Å². The third-order valence-electron chi connectivity index (χ3n) is 8.14. The Hall–Kier alpha value is -3.86. The number of rotatable bonds is 11. The van der Waals surface area contributed by atoms with Crippen LogP contribution in [0.15, 0.2) is 103 Å². The predicted octanol–water partition coefficient (Wildman–Crippen LogP) is 10.5. The lowest BCUT2D eigenvalue weighted by Gasteiger charge is -2.25. The zero-order chi connectivity index (χ0) is 29.8. The standard InChI is InChI=1S/C38H32ClF3O/c39-29-16-14-28(15-17-29)36-34(24-43-23-27-9-5-2-6-10-27)37(32-20-18-30(40)22-35(32)41)31(19-13-25-7-3-1-4-8-25)33(38(36)42)21-26-11-12-26/h1-10,14-18,20,22,26H,11-13,19,21,23-24H2. The molecule has 0 bridgehead atoms. The Morgan fingerprint density at radius 3 is 1.98 bits per heavy atom. The maximum atomic E-state index is 17.1. The normalized spacial score (nSPS) is 12.9. The summed E-state index contributed by atoms with van der Waals surface area (Å²) in [6.07, 6.45) is 3.80. The fourth-order valence-electron chi connectivity index (χ4n) is 5.81. The molecule has 5 heteroatoms. The quantitative estimate of drug-likeness (QED) is 0.147. The summed E-state index contributed by atoms with van der Waals surface area (Å²) in [5.74, 6) is -1.26. The van der Waals surface area contributed by atoms with Crippen molar-refractivity contribution in [3.63, 3.8) is 0 Å². The number of halogens is 4. The first-order valence-electron chi connectivity index (χ1n) is 14.7. The number of benzene rings is 5. The van der Waals surface area contributed by atoms with Gasteiger partial charge in [0.05, 0.1) is 13.2 Å². The van der Waals surface area contributed by atoms with Gasteiger partial charge in [0.25, 0.3) is 0 Å². The average molecular weight is 597 g/mol. The summed E-state index contributed by atoms with van der Waals surface area (Å²) >= 11 is 6.22. The van der Waals surface area contributed by atoms with Crippen LogP contribution in [0.3, 0.4) is 0 Å². The minimum Gasteiger partial charge on any atom is -0.372 e. The molecule has 1 aliphatic rings. The van der Waals surface area contributed by atoms with Crippen LogP contribution in [-0.4, -0.2) is 0 Å². The summed E-state index contributed by atoms with van der Waals surface area (Å²) in [6.45, 7) is 0.342. The van der Waals surface area contributed by atoms with E-state index in [9.17, 15) is 4.39 Å². The number of hydrogen-bond acceptors (Lipinski definition) is 1. The summed E-state index contributed by atoms with van der Waals surface area (Å²) < 4.78 is 53.2. The van der Waals surface area contributed by atoms with Crippen LogP contribution >= 0.6 is 11.6 Å². The Morgan fingerprint density at radius 2 is 1.33 bits per heavy atom. The lowest BCUT2D eigenvalue weighted by atomic mass is 9.81. The first-order valence-corrected chi connectivity index (χ1v) is 15.1. The molecule has 0 spiro atoms. The fourth-order valence-corrected chi connectivity index (χ4v) is 5.94. The zero-order valence-electron chi connectivity index (χ0n) is 23.8. The lowest BCUT2D eigenvalue weighted by molar-refractivity contribution is 0.107. The molecule has 43 heavy (non-hydrogen) atoms. The molecule has 1 saturated carbocycles. The van der Waals surface area contributed by atoms with Gasteiger partial charge < -0.3 is 4.74 Å². The molecule has 0 saturated heterocycles. The van der Waals surface area contributed by atoms with Crippen molar-refractivity contribution in [1.29, 1.82) is 0 Å². The average Bonchev–Trinajstić information content (AvgIpc) is 3.84. The molecule has 0 amide bonds. The molecule has 218 valence electrons. The Kier molecular flexibility index (Phi) is 8.97. The van der Waals surface area contributed by atoms with Crippen molar-refractivity contribution >= 4 is 11.6 Å². The molecule has 0 atom stereocenters. The van der Waals surface area contributed by atoms with E-state index >= 15 is 8.78 Å². The van der Waals surface area contributed by atoms with Crippen LogP contribution in [0.2, 0.25) is 5.02 Å². The second-order valence-corrected chi connectivity index (χ2v) is 11.7. The topological polar surface area (TPSA) is 9.23 Å². The van der Waals surface area contributed by atoms with E-state index in [1.54, 1.807) is 24.3 Å². The molecule has 0 heterocycles. The van der Waals surface area contributed by atoms with Gasteiger partial charge in [0.1, 0.15) is 17.5 Å². The molecule has 0 radical (unpaired) electrons. The highest BCUT2D eigenvalue weighted by Gasteiger charge is 2.31. The van der Waals surface area contributed by atoms with Gasteiger partial charge in [-0.3, -0.25) is 0 Å². The maximum absolute atomic E-state index is 17.1. The van der Waals surface area contributed by atoms with Crippen molar-refractivity contribution in [2.24, 2.45) is 5.92 Å². The zero-order valence-corrected chi connectivity index (χ0v) is 24.5. The van der Waals surface area contributed by atoms with E-state index < -0.39 is 11.6 Å². The van der Waals surface area contributed by atoms with Crippen LogP contribution < -0.4 is 0 Å². The molecule has 0 aromatic heterocycles. The number of aryl methyl sites for hydroxylation is 1. The van der Waals surface area contributed by atoms with Crippen LogP contribution in [0, 0.1) is 23.4 Å². The summed E-state index contributed by atoms with van der Waals surface area (Å²) in [7, 11) is 0. The second kappa shape index (κ2) is 13.2. The first-order chi connectivity index (χ1) is 21.0. The highest BCUT2D eigenvalue weighted by atomic mass is 35.5. The van der Waals surface area contributed by atoms with Crippen LogP contribution in [0.25, 0.3) is 22.3 Å². The predicted molar refractivity (Wildman–Crippen MR) is 167 cm³/mol. The summed E-state index contributed by atoms with van der Waals surface area (Å²) in [4.78, 5) is 0. The van der Waals surface area contributed by atoms with Gasteiger partial charge in [-0.2, -0.15) is 0 Å². The largest absolute Gasteiger partial charge is 0.372 e. The van der Waals surface area contributed by atoms with E-state index in [-0.39, 0.29) is 18.0 Å². The molecule has 0 N–H and O–H groups in total. The Morgan fingerprint density at radius 1 is 0.651 bits per heavy atom. The van der Waals surface area contributed by atoms with Crippen molar-refractivity contribution < 1.29 is 17.9 Å². The third-order valence-corrected chi connectivity index (χ3v) is 8.39. The van der Waals surface area contributed by atoms with Gasteiger partial charge in [0.15, 0.2) is 0 Å². The summed E-state index contributed by atoms with van der Waals surface area (Å²) in [6, 6.07) is 30.4. The molecule has 0 aliphatic heterocycles. The van der Waals surface area contributed by atoms with Crippen LogP contribution in [0.1, 0.15) is 40.7 Å². The van der Waals surface area contributed by atoms with Crippen molar-refractivity contribution in [2.75, 3.05) is 0 Å².